The van der Waals surface area contributed by atoms with Gasteiger partial charge >= 0.3 is 5.97 Å². The molecule has 0 radical (unpaired) electrons. The molecular weight excluding hydrogens is 300 g/mol. The largest absolute Gasteiger partial charge is 0.465 e. The number of ether oxygens (including phenoxy) is 1. The first-order valence-electron chi connectivity index (χ1n) is 5.54. The molecule has 6 nitrogen and oxygen atoms in total. The highest BCUT2D eigenvalue weighted by molar-refractivity contribution is 9.10. The van der Waals surface area contributed by atoms with Crippen LogP contribution in [0.25, 0.3) is 5.65 Å². The van der Waals surface area contributed by atoms with Crippen molar-refractivity contribution < 1.29 is 9.53 Å². The molecule has 0 fully saturated rings. The lowest BCUT2D eigenvalue weighted by Crippen LogP contribution is -2.24. The summed E-state index contributed by atoms with van der Waals surface area (Å²) < 4.78 is 7.47. The van der Waals surface area contributed by atoms with Crippen LogP contribution in [0, 0.1) is 0 Å². The molecule has 7 heteroatoms. The molecule has 0 aliphatic heterocycles. The maximum absolute atomic E-state index is 11.2. The van der Waals surface area contributed by atoms with E-state index in [9.17, 15) is 4.79 Å². The molecule has 1 N–H and O–H groups in total. The minimum absolute atomic E-state index is 0.188. The molecule has 0 amide bonds. The Hall–Kier alpha value is -1.47. The Morgan fingerprint density at radius 1 is 1.50 bits per heavy atom. The monoisotopic (exact) mass is 312 g/mol. The molecule has 96 valence electrons. The van der Waals surface area contributed by atoms with Crippen LogP contribution in [0.2, 0.25) is 0 Å². The number of carbonyl (C=O) groups excluding carboxylic acids is 1. The van der Waals surface area contributed by atoms with Crippen LogP contribution in [0.3, 0.4) is 0 Å². The van der Waals surface area contributed by atoms with Crippen LogP contribution < -0.4 is 5.32 Å². The SMILES string of the molecule is CCOC(=O)CNCc1cnc2cnc(Br)cn12. The van der Waals surface area contributed by atoms with Crippen molar-refractivity contribution in [2.75, 3.05) is 13.2 Å². The summed E-state index contributed by atoms with van der Waals surface area (Å²) in [5, 5.41) is 3.01. The smallest absolute Gasteiger partial charge is 0.319 e. The Morgan fingerprint density at radius 3 is 3.11 bits per heavy atom. The molecule has 0 spiro atoms. The molecule has 18 heavy (non-hydrogen) atoms. The van der Waals surface area contributed by atoms with Crippen LogP contribution >= 0.6 is 15.9 Å². The zero-order valence-corrected chi connectivity index (χ0v) is 11.5. The number of hydrogen-bond donors (Lipinski definition) is 1. The summed E-state index contributed by atoms with van der Waals surface area (Å²) in [6, 6.07) is 0. The molecule has 0 aromatic carbocycles. The Labute approximate surface area is 113 Å². The molecular formula is C11H13BrN4O2. The van der Waals surface area contributed by atoms with Gasteiger partial charge in [-0.05, 0) is 22.9 Å². The van der Waals surface area contributed by atoms with Gasteiger partial charge in [0.2, 0.25) is 0 Å². The molecule has 0 unspecified atom stereocenters. The minimum Gasteiger partial charge on any atom is -0.465 e. The number of esters is 1. The highest BCUT2D eigenvalue weighted by atomic mass is 79.9. The van der Waals surface area contributed by atoms with Crippen LogP contribution in [0.4, 0.5) is 0 Å². The van der Waals surface area contributed by atoms with Gasteiger partial charge in [-0.2, -0.15) is 0 Å². The molecule has 0 aliphatic rings. The summed E-state index contributed by atoms with van der Waals surface area (Å²) in [5.74, 6) is -0.255. The Bertz CT molecular complexity index is 555. The Balaban J connectivity index is 1.99. The van der Waals surface area contributed by atoms with E-state index in [0.29, 0.717) is 13.2 Å². The van der Waals surface area contributed by atoms with Gasteiger partial charge in [-0.25, -0.2) is 9.97 Å². The van der Waals surface area contributed by atoms with E-state index in [4.69, 9.17) is 4.74 Å². The summed E-state index contributed by atoms with van der Waals surface area (Å²) in [6.45, 7) is 2.91. The van der Waals surface area contributed by atoms with Gasteiger partial charge in [0.05, 0.1) is 31.2 Å². The average Bonchev–Trinajstić information content (AvgIpc) is 2.72. The first-order chi connectivity index (χ1) is 8.70. The van der Waals surface area contributed by atoms with Crippen molar-refractivity contribution in [2.45, 2.75) is 13.5 Å². The quantitative estimate of drug-likeness (QED) is 0.839. The summed E-state index contributed by atoms with van der Waals surface area (Å²) in [7, 11) is 0. The number of imidazole rings is 1. The second kappa shape index (κ2) is 5.92. The van der Waals surface area contributed by atoms with Gasteiger partial charge in [0, 0.05) is 12.7 Å². The number of carbonyl (C=O) groups is 1. The van der Waals surface area contributed by atoms with E-state index in [1.54, 1.807) is 19.3 Å². The van der Waals surface area contributed by atoms with Crippen molar-refractivity contribution >= 4 is 27.5 Å². The summed E-state index contributed by atoms with van der Waals surface area (Å²) in [4.78, 5) is 19.5. The molecule has 0 saturated heterocycles. The minimum atomic E-state index is -0.255. The second-order valence-corrected chi connectivity index (χ2v) is 4.41. The fourth-order valence-corrected chi connectivity index (χ4v) is 1.86. The molecule has 0 bridgehead atoms. The Morgan fingerprint density at radius 2 is 2.33 bits per heavy atom. The van der Waals surface area contributed by atoms with E-state index in [1.165, 1.54) is 0 Å². The molecule has 2 aromatic heterocycles. The number of nitrogens with one attached hydrogen (secondary N) is 1. The van der Waals surface area contributed by atoms with E-state index in [-0.39, 0.29) is 12.5 Å². The van der Waals surface area contributed by atoms with Gasteiger partial charge in [-0.1, -0.05) is 0 Å². The van der Waals surface area contributed by atoms with Crippen molar-refractivity contribution in [3.63, 3.8) is 0 Å². The lowest BCUT2D eigenvalue weighted by atomic mass is 10.4. The standard InChI is InChI=1S/C11H13BrN4O2/c1-2-18-11(17)6-13-3-8-4-15-10-5-14-9(12)7-16(8)10/h4-5,7,13H,2-3,6H2,1H3. The van der Waals surface area contributed by atoms with E-state index in [1.807, 2.05) is 10.6 Å². The number of aromatic nitrogens is 3. The second-order valence-electron chi connectivity index (χ2n) is 3.60. The number of fused-ring (bicyclic) bond motifs is 1. The van der Waals surface area contributed by atoms with Crippen LogP contribution in [0.15, 0.2) is 23.2 Å². The number of nitrogens with zero attached hydrogens (tertiary/aromatic N) is 3. The molecule has 2 rings (SSSR count). The lowest BCUT2D eigenvalue weighted by Gasteiger charge is -2.04. The van der Waals surface area contributed by atoms with Crippen LogP contribution in [-0.4, -0.2) is 33.5 Å². The highest BCUT2D eigenvalue weighted by Gasteiger charge is 2.05. The van der Waals surface area contributed by atoms with E-state index in [0.717, 1.165) is 15.9 Å². The van der Waals surface area contributed by atoms with Gasteiger partial charge < -0.3 is 10.1 Å². The predicted octanol–water partition coefficient (Wildman–Crippen LogP) is 1.14. The third-order valence-electron chi connectivity index (χ3n) is 2.32. The van der Waals surface area contributed by atoms with Gasteiger partial charge in [0.25, 0.3) is 0 Å². The first-order valence-corrected chi connectivity index (χ1v) is 6.34. The summed E-state index contributed by atoms with van der Waals surface area (Å²) in [6.07, 6.45) is 5.27. The lowest BCUT2D eigenvalue weighted by molar-refractivity contribution is -0.142. The molecule has 2 aromatic rings. The van der Waals surface area contributed by atoms with E-state index in [2.05, 4.69) is 31.2 Å². The normalized spacial score (nSPS) is 10.8. The predicted molar refractivity (Wildman–Crippen MR) is 69.0 cm³/mol. The van der Waals surface area contributed by atoms with Gasteiger partial charge in [-0.15, -0.1) is 0 Å². The number of halogens is 1. The maximum atomic E-state index is 11.2. The van der Waals surface area contributed by atoms with Gasteiger partial charge in [0.15, 0.2) is 5.65 Å². The summed E-state index contributed by atoms with van der Waals surface area (Å²) in [5.41, 5.74) is 1.73. The first kappa shape index (κ1) is 13.0. The van der Waals surface area contributed by atoms with Crippen molar-refractivity contribution in [3.05, 3.63) is 28.9 Å². The average molecular weight is 313 g/mol. The van der Waals surface area contributed by atoms with Crippen molar-refractivity contribution in [1.29, 1.82) is 0 Å². The zero-order valence-electron chi connectivity index (χ0n) is 9.89. The van der Waals surface area contributed by atoms with E-state index >= 15 is 0 Å². The van der Waals surface area contributed by atoms with Crippen molar-refractivity contribution in [2.24, 2.45) is 0 Å². The molecule has 0 atom stereocenters. The number of rotatable bonds is 5. The van der Waals surface area contributed by atoms with Crippen LogP contribution in [0.5, 0.6) is 0 Å². The molecule has 2 heterocycles. The van der Waals surface area contributed by atoms with E-state index < -0.39 is 0 Å². The third-order valence-corrected chi connectivity index (χ3v) is 2.73. The fourth-order valence-electron chi connectivity index (χ4n) is 1.55. The zero-order chi connectivity index (χ0) is 13.0. The third kappa shape index (κ3) is 3.05. The maximum Gasteiger partial charge on any atom is 0.319 e. The van der Waals surface area contributed by atoms with Crippen molar-refractivity contribution in [1.82, 2.24) is 19.7 Å². The van der Waals surface area contributed by atoms with Gasteiger partial charge in [-0.3, -0.25) is 9.20 Å². The Kier molecular flexibility index (Phi) is 4.27. The van der Waals surface area contributed by atoms with Crippen LogP contribution in [0.1, 0.15) is 12.6 Å². The number of hydrogen-bond acceptors (Lipinski definition) is 5. The van der Waals surface area contributed by atoms with Crippen LogP contribution in [-0.2, 0) is 16.1 Å². The molecule has 0 aliphatic carbocycles. The van der Waals surface area contributed by atoms with Crippen molar-refractivity contribution in [3.8, 4) is 0 Å². The summed E-state index contributed by atoms with van der Waals surface area (Å²) >= 11 is 3.31. The molecule has 0 saturated carbocycles. The topological polar surface area (TPSA) is 68.5 Å². The highest BCUT2D eigenvalue weighted by Crippen LogP contribution is 2.10. The fraction of sp³-hybridized carbons (Fsp3) is 0.364. The van der Waals surface area contributed by atoms with Gasteiger partial charge in [0.1, 0.15) is 4.60 Å².